The minimum atomic E-state index is -1.56. The Labute approximate surface area is 271 Å². The topological polar surface area (TPSA) is 114 Å². The van der Waals surface area contributed by atoms with E-state index in [4.69, 9.17) is 26.8 Å². The zero-order valence-electron chi connectivity index (χ0n) is 25.7. The number of nitrogens with zero attached hydrogens (tertiary/aromatic N) is 6. The number of hydrogen-bond donors (Lipinski definition) is 2. The maximum Gasteiger partial charge on any atom is 0.336 e. The molecule has 3 aromatic carbocycles. The van der Waals surface area contributed by atoms with Crippen LogP contribution < -0.4 is 20.7 Å². The maximum atomic E-state index is 15.2. The van der Waals surface area contributed by atoms with Crippen LogP contribution in [0.25, 0.3) is 0 Å². The molecule has 0 aliphatic carbocycles. The molecule has 3 N–H and O–H groups in total. The summed E-state index contributed by atoms with van der Waals surface area (Å²) in [5, 5.41) is 11.4. The van der Waals surface area contributed by atoms with E-state index in [1.54, 1.807) is 48.3 Å². The number of halogens is 3. The number of amides is 2. The second-order valence-corrected chi connectivity index (χ2v) is 11.1. The Hall–Kier alpha value is -4.30. The molecule has 1 fully saturated rings. The van der Waals surface area contributed by atoms with Crippen LogP contribution in [0.15, 0.2) is 79.4 Å². The Balaban J connectivity index is 1.25. The first-order valence-corrected chi connectivity index (χ1v) is 15.4. The number of urea groups is 1. The fourth-order valence-corrected chi connectivity index (χ4v) is 5.67. The zero-order chi connectivity index (χ0) is 32.7. The largest absolute Gasteiger partial charge is 0.472 e. The third-order valence-corrected chi connectivity index (χ3v) is 8.06. The average Bonchev–Trinajstić information content (AvgIpc) is 3.56. The van der Waals surface area contributed by atoms with Crippen LogP contribution in [-0.2, 0) is 16.9 Å². The third-order valence-electron chi connectivity index (χ3n) is 7.80. The van der Waals surface area contributed by atoms with Crippen LogP contribution in [0.3, 0.4) is 0 Å². The van der Waals surface area contributed by atoms with Gasteiger partial charge in [-0.25, -0.2) is 28.3 Å². The molecule has 46 heavy (non-hydrogen) atoms. The fourth-order valence-electron chi connectivity index (χ4n) is 5.55. The van der Waals surface area contributed by atoms with Crippen molar-refractivity contribution in [1.82, 2.24) is 24.8 Å². The number of nitrogens with two attached hydrogens (primary N) is 1. The lowest BCUT2D eigenvalue weighted by atomic mass is 9.90. The predicted molar refractivity (Wildman–Crippen MR) is 171 cm³/mol. The van der Waals surface area contributed by atoms with Crippen molar-refractivity contribution in [3.8, 4) is 5.75 Å². The molecule has 0 bridgehead atoms. The van der Waals surface area contributed by atoms with E-state index in [0.717, 1.165) is 17.8 Å². The van der Waals surface area contributed by atoms with Gasteiger partial charge in [0.2, 0.25) is 0 Å². The van der Waals surface area contributed by atoms with Crippen molar-refractivity contribution in [3.63, 3.8) is 0 Å². The summed E-state index contributed by atoms with van der Waals surface area (Å²) in [6, 6.07) is 17.4. The molecule has 244 valence electrons. The first kappa shape index (κ1) is 33.1. The number of nitrogens with one attached hydrogen (secondary N) is 1. The summed E-state index contributed by atoms with van der Waals surface area (Å²) in [6.07, 6.45) is 1.60. The number of piperazine rings is 1. The Kier molecular flexibility index (Phi) is 10.7. The normalized spacial score (nSPS) is 15.7. The van der Waals surface area contributed by atoms with Crippen LogP contribution in [0.2, 0.25) is 5.02 Å². The smallest absolute Gasteiger partial charge is 0.336 e. The van der Waals surface area contributed by atoms with E-state index in [0.29, 0.717) is 49.2 Å². The first-order chi connectivity index (χ1) is 22.2. The van der Waals surface area contributed by atoms with Crippen molar-refractivity contribution in [2.24, 2.45) is 5.73 Å². The minimum absolute atomic E-state index is 0.0284. The van der Waals surface area contributed by atoms with Gasteiger partial charge in [-0.1, -0.05) is 17.7 Å². The molecule has 14 heteroatoms. The van der Waals surface area contributed by atoms with Gasteiger partial charge in [0.15, 0.2) is 11.8 Å². The van der Waals surface area contributed by atoms with E-state index >= 15 is 4.39 Å². The summed E-state index contributed by atoms with van der Waals surface area (Å²) < 4.78 is 42.8. The van der Waals surface area contributed by atoms with Gasteiger partial charge in [-0.3, -0.25) is 10.7 Å². The number of aromatic nitrogens is 3. The second kappa shape index (κ2) is 14.9. The summed E-state index contributed by atoms with van der Waals surface area (Å²) in [5.41, 5.74) is 6.74. The highest BCUT2D eigenvalue weighted by atomic mass is 35.5. The van der Waals surface area contributed by atoms with E-state index in [9.17, 15) is 9.18 Å². The highest BCUT2D eigenvalue weighted by Crippen LogP contribution is 2.35. The summed E-state index contributed by atoms with van der Waals surface area (Å²) >= 11 is 5.96. The SMILES string of the molecule is CCOC(Cn1cncn1)(c1ccc(F)cc1F)C(N)Oc1ccc(N2CCN(N(CC)C(=O)Nc3ccc(Cl)cc3)CC2)cc1. The van der Waals surface area contributed by atoms with Crippen molar-refractivity contribution in [3.05, 3.63) is 102 Å². The molecule has 4 aromatic rings. The first-order valence-electron chi connectivity index (χ1n) is 15.0. The average molecular weight is 655 g/mol. The number of benzene rings is 3. The molecule has 1 aliphatic rings. The van der Waals surface area contributed by atoms with E-state index in [1.165, 1.54) is 23.4 Å². The molecule has 0 saturated carbocycles. The zero-order valence-corrected chi connectivity index (χ0v) is 26.4. The lowest BCUT2D eigenvalue weighted by Crippen LogP contribution is -2.56. The molecule has 0 radical (unpaired) electrons. The number of anilines is 2. The van der Waals surface area contributed by atoms with Crippen LogP contribution >= 0.6 is 11.6 Å². The number of carbonyl (C=O) groups excluding carboxylic acids is 1. The van der Waals surface area contributed by atoms with Crippen molar-refractivity contribution in [1.29, 1.82) is 0 Å². The number of hydrazine groups is 1. The number of rotatable bonds is 12. The third kappa shape index (κ3) is 7.56. The number of carbonyl (C=O) groups is 1. The highest BCUT2D eigenvalue weighted by Gasteiger charge is 2.44. The van der Waals surface area contributed by atoms with Gasteiger partial charge in [-0.2, -0.15) is 5.10 Å². The summed E-state index contributed by atoms with van der Waals surface area (Å²) in [7, 11) is 0. The van der Waals surface area contributed by atoms with Gasteiger partial charge in [0.1, 0.15) is 30.0 Å². The number of hydrogen-bond acceptors (Lipinski definition) is 8. The van der Waals surface area contributed by atoms with Gasteiger partial charge in [0.25, 0.3) is 0 Å². The van der Waals surface area contributed by atoms with Crippen molar-refractivity contribution in [2.45, 2.75) is 32.2 Å². The van der Waals surface area contributed by atoms with Crippen molar-refractivity contribution < 1.29 is 23.0 Å². The van der Waals surface area contributed by atoms with Crippen LogP contribution in [-0.4, -0.2) is 76.4 Å². The minimum Gasteiger partial charge on any atom is -0.472 e. The lowest BCUT2D eigenvalue weighted by Gasteiger charge is -2.41. The molecule has 2 atom stereocenters. The van der Waals surface area contributed by atoms with Gasteiger partial charge >= 0.3 is 6.03 Å². The summed E-state index contributed by atoms with van der Waals surface area (Å²) in [6.45, 7) is 7.04. The Bertz CT molecular complexity index is 1570. The standard InChI is InChI=1S/C32H37ClF2N8O3/c1-3-43(31(44)39-25-8-5-23(33)6-9-25)42-17-15-40(16-18-42)26-10-12-27(13-11-26)46-30(36)32(45-4-2,20-41-22-37-21-38-41)28-14-7-24(34)19-29(28)35/h5-14,19,21-22,30H,3-4,15-18,20,36H2,1-2H3,(H,39,44). The Morgan fingerprint density at radius 2 is 1.78 bits per heavy atom. The molecule has 2 unspecified atom stereocenters. The van der Waals surface area contributed by atoms with E-state index in [1.807, 2.05) is 24.1 Å². The molecule has 2 amide bonds. The molecular formula is C32H37ClF2N8O3. The monoisotopic (exact) mass is 654 g/mol. The molecule has 1 aromatic heterocycles. The highest BCUT2D eigenvalue weighted by molar-refractivity contribution is 6.30. The lowest BCUT2D eigenvalue weighted by molar-refractivity contribution is -0.129. The Morgan fingerprint density at radius 1 is 1.07 bits per heavy atom. The van der Waals surface area contributed by atoms with Gasteiger partial charge in [0.05, 0.1) is 6.54 Å². The molecule has 1 aliphatic heterocycles. The van der Waals surface area contributed by atoms with Gasteiger partial charge in [0, 0.05) is 67.4 Å². The predicted octanol–water partition coefficient (Wildman–Crippen LogP) is 5.10. The van der Waals surface area contributed by atoms with Crippen LogP contribution in [0.4, 0.5) is 25.0 Å². The molecule has 11 nitrogen and oxygen atoms in total. The maximum absolute atomic E-state index is 15.2. The second-order valence-electron chi connectivity index (χ2n) is 10.7. The molecule has 5 rings (SSSR count). The van der Waals surface area contributed by atoms with Gasteiger partial charge < -0.3 is 19.7 Å². The van der Waals surface area contributed by atoms with E-state index in [-0.39, 0.29) is 24.7 Å². The van der Waals surface area contributed by atoms with Crippen molar-refractivity contribution >= 4 is 29.0 Å². The van der Waals surface area contributed by atoms with Gasteiger partial charge in [-0.05, 0) is 68.4 Å². The van der Waals surface area contributed by atoms with E-state index in [2.05, 4.69) is 20.3 Å². The molecule has 2 heterocycles. The van der Waals surface area contributed by atoms with Gasteiger partial charge in [-0.15, -0.1) is 0 Å². The van der Waals surface area contributed by atoms with Crippen LogP contribution in [0.5, 0.6) is 5.75 Å². The Morgan fingerprint density at radius 3 is 2.39 bits per heavy atom. The van der Waals surface area contributed by atoms with E-state index < -0.39 is 23.5 Å². The molecule has 0 spiro atoms. The van der Waals surface area contributed by atoms with Crippen LogP contribution in [0.1, 0.15) is 19.4 Å². The summed E-state index contributed by atoms with van der Waals surface area (Å²) in [4.78, 5) is 19.2. The van der Waals surface area contributed by atoms with Crippen LogP contribution in [0, 0.1) is 11.6 Å². The fraction of sp³-hybridized carbons (Fsp3) is 0.344. The quantitative estimate of drug-likeness (QED) is 0.203. The summed E-state index contributed by atoms with van der Waals surface area (Å²) in [5.74, 6) is -1.09. The molecule has 1 saturated heterocycles. The van der Waals surface area contributed by atoms with Crippen molar-refractivity contribution in [2.75, 3.05) is 49.5 Å². The number of ether oxygens (including phenoxy) is 2. The molecular weight excluding hydrogens is 618 g/mol.